The Hall–Kier alpha value is -0.970. The predicted molar refractivity (Wildman–Crippen MR) is 57.2 cm³/mol. The van der Waals surface area contributed by atoms with Crippen LogP contribution in [0.5, 0.6) is 0 Å². The van der Waals surface area contributed by atoms with Gasteiger partial charge in [-0.25, -0.2) is 9.97 Å². The minimum absolute atomic E-state index is 0.207. The van der Waals surface area contributed by atoms with Crippen molar-refractivity contribution in [1.82, 2.24) is 15.3 Å². The zero-order valence-corrected chi connectivity index (χ0v) is 9.92. The van der Waals surface area contributed by atoms with E-state index in [4.69, 9.17) is 0 Å². The maximum atomic E-state index is 11.4. The fourth-order valence-corrected chi connectivity index (χ4v) is 1.31. The second-order valence-corrected chi connectivity index (χ2v) is 4.01. The van der Waals surface area contributed by atoms with Gasteiger partial charge >= 0.3 is 0 Å². The van der Waals surface area contributed by atoms with E-state index in [2.05, 4.69) is 31.2 Å². The summed E-state index contributed by atoms with van der Waals surface area (Å²) < 4.78 is 0.612. The zero-order valence-electron chi connectivity index (χ0n) is 8.34. The maximum absolute atomic E-state index is 11.4. The SMILES string of the molecule is CNC(=O)c1nc(C(C)C)ncc1Br. The summed E-state index contributed by atoms with van der Waals surface area (Å²) in [5.74, 6) is 0.680. The van der Waals surface area contributed by atoms with Crippen molar-refractivity contribution >= 4 is 21.8 Å². The van der Waals surface area contributed by atoms with Crippen molar-refractivity contribution in [3.8, 4) is 0 Å². The Morgan fingerprint density at radius 3 is 2.71 bits per heavy atom. The van der Waals surface area contributed by atoms with Gasteiger partial charge in [-0.1, -0.05) is 13.8 Å². The number of nitrogens with zero attached hydrogens (tertiary/aromatic N) is 2. The van der Waals surface area contributed by atoms with E-state index in [0.717, 1.165) is 0 Å². The summed E-state index contributed by atoms with van der Waals surface area (Å²) in [6, 6.07) is 0. The molecule has 0 saturated carbocycles. The average Bonchev–Trinajstić information content (AvgIpc) is 2.17. The van der Waals surface area contributed by atoms with Gasteiger partial charge in [0.25, 0.3) is 5.91 Å². The summed E-state index contributed by atoms with van der Waals surface area (Å²) in [6.45, 7) is 3.97. The highest BCUT2D eigenvalue weighted by atomic mass is 79.9. The molecule has 1 aromatic rings. The normalized spacial score (nSPS) is 10.4. The largest absolute Gasteiger partial charge is 0.354 e. The third kappa shape index (κ3) is 2.29. The van der Waals surface area contributed by atoms with Crippen molar-refractivity contribution in [3.63, 3.8) is 0 Å². The number of hydrogen-bond donors (Lipinski definition) is 1. The Labute approximate surface area is 91.3 Å². The lowest BCUT2D eigenvalue weighted by Crippen LogP contribution is -2.21. The Bertz CT molecular complexity index is 352. The molecule has 1 rings (SSSR count). The van der Waals surface area contributed by atoms with Crippen LogP contribution in [0.2, 0.25) is 0 Å². The van der Waals surface area contributed by atoms with Crippen LogP contribution < -0.4 is 5.32 Å². The summed E-state index contributed by atoms with van der Waals surface area (Å²) >= 11 is 3.24. The van der Waals surface area contributed by atoms with Gasteiger partial charge in [0.2, 0.25) is 0 Å². The van der Waals surface area contributed by atoms with Gasteiger partial charge in [-0.2, -0.15) is 0 Å². The highest BCUT2D eigenvalue weighted by molar-refractivity contribution is 9.10. The van der Waals surface area contributed by atoms with E-state index >= 15 is 0 Å². The van der Waals surface area contributed by atoms with Crippen LogP contribution in [-0.4, -0.2) is 22.9 Å². The van der Waals surface area contributed by atoms with Gasteiger partial charge < -0.3 is 5.32 Å². The molecule has 0 spiro atoms. The Balaban J connectivity index is 3.15. The molecule has 14 heavy (non-hydrogen) atoms. The molecule has 1 heterocycles. The first-order chi connectivity index (χ1) is 6.56. The Kier molecular flexibility index (Phi) is 3.57. The predicted octanol–water partition coefficient (Wildman–Crippen LogP) is 1.72. The van der Waals surface area contributed by atoms with Crippen LogP contribution in [0.4, 0.5) is 0 Å². The van der Waals surface area contributed by atoms with E-state index in [-0.39, 0.29) is 11.8 Å². The van der Waals surface area contributed by atoms with Crippen molar-refractivity contribution in [3.05, 3.63) is 22.2 Å². The highest BCUT2D eigenvalue weighted by Crippen LogP contribution is 2.16. The fraction of sp³-hybridized carbons (Fsp3) is 0.444. The summed E-state index contributed by atoms with van der Waals surface area (Å²) in [5, 5.41) is 2.53. The van der Waals surface area contributed by atoms with Crippen molar-refractivity contribution < 1.29 is 4.79 Å². The summed E-state index contributed by atoms with van der Waals surface area (Å²) in [6.07, 6.45) is 1.60. The highest BCUT2D eigenvalue weighted by Gasteiger charge is 2.13. The van der Waals surface area contributed by atoms with Crippen LogP contribution in [0.25, 0.3) is 0 Å². The number of rotatable bonds is 2. The first kappa shape index (κ1) is 11.1. The number of hydrogen-bond acceptors (Lipinski definition) is 3. The number of aromatic nitrogens is 2. The first-order valence-corrected chi connectivity index (χ1v) is 5.10. The zero-order chi connectivity index (χ0) is 10.7. The van der Waals surface area contributed by atoms with E-state index in [9.17, 15) is 4.79 Å². The monoisotopic (exact) mass is 257 g/mol. The summed E-state index contributed by atoms with van der Waals surface area (Å²) in [7, 11) is 1.58. The summed E-state index contributed by atoms with van der Waals surface area (Å²) in [5.41, 5.74) is 0.381. The molecule has 4 nitrogen and oxygen atoms in total. The molecule has 5 heteroatoms. The third-order valence-electron chi connectivity index (χ3n) is 1.72. The Morgan fingerprint density at radius 1 is 1.57 bits per heavy atom. The first-order valence-electron chi connectivity index (χ1n) is 4.30. The van der Waals surface area contributed by atoms with Crippen LogP contribution in [0.3, 0.4) is 0 Å². The number of carbonyl (C=O) groups excluding carboxylic acids is 1. The molecular formula is C9H12BrN3O. The number of amides is 1. The van der Waals surface area contributed by atoms with Crippen molar-refractivity contribution in [2.75, 3.05) is 7.05 Å². The molecule has 0 aliphatic rings. The van der Waals surface area contributed by atoms with Gasteiger partial charge in [-0.15, -0.1) is 0 Å². The molecular weight excluding hydrogens is 246 g/mol. The molecule has 0 radical (unpaired) electrons. The van der Waals surface area contributed by atoms with Crippen LogP contribution in [0, 0.1) is 0 Å². The average molecular weight is 258 g/mol. The van der Waals surface area contributed by atoms with E-state index in [1.807, 2.05) is 13.8 Å². The lowest BCUT2D eigenvalue weighted by molar-refractivity contribution is 0.0957. The van der Waals surface area contributed by atoms with Crippen LogP contribution in [0.15, 0.2) is 10.7 Å². The quantitative estimate of drug-likeness (QED) is 0.878. The van der Waals surface area contributed by atoms with E-state index in [1.165, 1.54) is 0 Å². The minimum atomic E-state index is -0.207. The molecule has 0 bridgehead atoms. The van der Waals surface area contributed by atoms with Gasteiger partial charge in [-0.3, -0.25) is 4.79 Å². The lowest BCUT2D eigenvalue weighted by atomic mass is 10.2. The van der Waals surface area contributed by atoms with Gasteiger partial charge in [0.15, 0.2) is 0 Å². The van der Waals surface area contributed by atoms with E-state index < -0.39 is 0 Å². The van der Waals surface area contributed by atoms with Crippen LogP contribution in [0.1, 0.15) is 36.1 Å². The second-order valence-electron chi connectivity index (χ2n) is 3.16. The van der Waals surface area contributed by atoms with Crippen LogP contribution >= 0.6 is 15.9 Å². The van der Waals surface area contributed by atoms with Gasteiger partial charge in [0.05, 0.1) is 4.47 Å². The number of halogens is 1. The minimum Gasteiger partial charge on any atom is -0.354 e. The van der Waals surface area contributed by atoms with Gasteiger partial charge in [0, 0.05) is 19.2 Å². The second kappa shape index (κ2) is 4.50. The molecule has 1 amide bonds. The number of nitrogens with one attached hydrogen (secondary N) is 1. The topological polar surface area (TPSA) is 54.9 Å². The van der Waals surface area contributed by atoms with E-state index in [0.29, 0.717) is 16.0 Å². The molecule has 1 aromatic heterocycles. The molecule has 0 unspecified atom stereocenters. The van der Waals surface area contributed by atoms with E-state index in [1.54, 1.807) is 13.2 Å². The molecule has 0 aliphatic carbocycles. The lowest BCUT2D eigenvalue weighted by Gasteiger charge is -2.06. The Morgan fingerprint density at radius 2 is 2.21 bits per heavy atom. The smallest absolute Gasteiger partial charge is 0.270 e. The molecule has 1 N–H and O–H groups in total. The third-order valence-corrected chi connectivity index (χ3v) is 2.30. The molecule has 0 saturated heterocycles. The molecule has 0 atom stereocenters. The molecule has 0 fully saturated rings. The standard InChI is InChI=1S/C9H12BrN3O/c1-5(2)8-12-4-6(10)7(13-8)9(14)11-3/h4-5H,1-3H3,(H,11,14). The van der Waals surface area contributed by atoms with Crippen molar-refractivity contribution in [2.45, 2.75) is 19.8 Å². The molecule has 0 aromatic carbocycles. The van der Waals surface area contributed by atoms with Gasteiger partial charge in [0.1, 0.15) is 11.5 Å². The van der Waals surface area contributed by atoms with Crippen molar-refractivity contribution in [2.24, 2.45) is 0 Å². The van der Waals surface area contributed by atoms with Crippen molar-refractivity contribution in [1.29, 1.82) is 0 Å². The molecule has 0 aliphatic heterocycles. The summed E-state index contributed by atoms with van der Waals surface area (Å²) in [4.78, 5) is 19.7. The van der Waals surface area contributed by atoms with Gasteiger partial charge in [-0.05, 0) is 15.9 Å². The fourth-order valence-electron chi connectivity index (χ4n) is 0.937. The molecule has 76 valence electrons. The maximum Gasteiger partial charge on any atom is 0.270 e. The number of carbonyl (C=O) groups is 1. The van der Waals surface area contributed by atoms with Crippen LogP contribution in [-0.2, 0) is 0 Å².